The summed E-state index contributed by atoms with van der Waals surface area (Å²) in [7, 11) is 0. The number of hydrogen-bond donors (Lipinski definition) is 3. The molecule has 100 valence electrons. The van der Waals surface area contributed by atoms with Gasteiger partial charge in [-0.2, -0.15) is 13.2 Å². The Morgan fingerprint density at radius 1 is 1.39 bits per heavy atom. The largest absolute Gasteiger partial charge is 0.471 e. The van der Waals surface area contributed by atoms with Crippen molar-refractivity contribution in [1.29, 1.82) is 0 Å². The van der Waals surface area contributed by atoms with E-state index >= 15 is 0 Å². The summed E-state index contributed by atoms with van der Waals surface area (Å²) >= 11 is 0. The number of hydrogen-bond acceptors (Lipinski definition) is 4. The lowest BCUT2D eigenvalue weighted by Gasteiger charge is -2.09. The molecule has 0 fully saturated rings. The lowest BCUT2D eigenvalue weighted by atomic mass is 10.3. The van der Waals surface area contributed by atoms with Crippen LogP contribution < -0.4 is 16.4 Å². The molecule has 0 saturated carbocycles. The molecule has 0 atom stereocenters. The second-order valence-corrected chi connectivity index (χ2v) is 3.48. The molecule has 1 amide bonds. The van der Waals surface area contributed by atoms with E-state index in [1.54, 1.807) is 23.6 Å². The standard InChI is InChI=1S/C10H13F3N4O/c11-10(12,13)9(18)17-6-2-5-16-8-7(14)3-1-4-15-8/h1,3-4H,2,5-6,14H2,(H,15,16)(H,17,18). The van der Waals surface area contributed by atoms with E-state index in [1.165, 1.54) is 0 Å². The van der Waals surface area contributed by atoms with Gasteiger partial charge in [-0.1, -0.05) is 0 Å². The van der Waals surface area contributed by atoms with Crippen LogP contribution in [0.15, 0.2) is 18.3 Å². The number of aromatic nitrogens is 1. The quantitative estimate of drug-likeness (QED) is 0.695. The number of nitrogen functional groups attached to an aromatic ring is 1. The van der Waals surface area contributed by atoms with Crippen LogP contribution in [-0.2, 0) is 4.79 Å². The fraction of sp³-hybridized carbons (Fsp3) is 0.400. The number of rotatable bonds is 5. The van der Waals surface area contributed by atoms with Gasteiger partial charge in [0, 0.05) is 19.3 Å². The summed E-state index contributed by atoms with van der Waals surface area (Å²) in [5, 5.41) is 4.62. The first kappa shape index (κ1) is 14.1. The first-order valence-electron chi connectivity index (χ1n) is 5.20. The Morgan fingerprint density at radius 2 is 2.11 bits per heavy atom. The summed E-state index contributed by atoms with van der Waals surface area (Å²) in [6, 6.07) is 3.32. The SMILES string of the molecule is Nc1cccnc1NCCCNC(=O)C(F)(F)F. The van der Waals surface area contributed by atoms with Crippen molar-refractivity contribution in [3.63, 3.8) is 0 Å². The molecule has 18 heavy (non-hydrogen) atoms. The van der Waals surface area contributed by atoms with Gasteiger partial charge in [-0.25, -0.2) is 4.98 Å². The van der Waals surface area contributed by atoms with Gasteiger partial charge in [0.1, 0.15) is 5.82 Å². The summed E-state index contributed by atoms with van der Waals surface area (Å²) in [5.41, 5.74) is 6.05. The van der Waals surface area contributed by atoms with E-state index in [-0.39, 0.29) is 6.54 Å². The van der Waals surface area contributed by atoms with Crippen molar-refractivity contribution >= 4 is 17.4 Å². The first-order valence-corrected chi connectivity index (χ1v) is 5.20. The Morgan fingerprint density at radius 3 is 2.72 bits per heavy atom. The van der Waals surface area contributed by atoms with Gasteiger partial charge >= 0.3 is 12.1 Å². The van der Waals surface area contributed by atoms with Crippen molar-refractivity contribution in [2.45, 2.75) is 12.6 Å². The minimum Gasteiger partial charge on any atom is -0.396 e. The van der Waals surface area contributed by atoms with Gasteiger partial charge in [0.2, 0.25) is 0 Å². The van der Waals surface area contributed by atoms with E-state index in [0.29, 0.717) is 24.5 Å². The average molecular weight is 262 g/mol. The Bertz CT molecular complexity index is 408. The normalized spacial score (nSPS) is 11.1. The summed E-state index contributed by atoms with van der Waals surface area (Å²) in [4.78, 5) is 14.4. The highest BCUT2D eigenvalue weighted by atomic mass is 19.4. The van der Waals surface area contributed by atoms with E-state index in [2.05, 4.69) is 10.3 Å². The topological polar surface area (TPSA) is 80.0 Å². The number of alkyl halides is 3. The first-order chi connectivity index (χ1) is 8.41. The molecule has 0 spiro atoms. The van der Waals surface area contributed by atoms with Crippen molar-refractivity contribution in [3.8, 4) is 0 Å². The Balaban J connectivity index is 2.20. The lowest BCUT2D eigenvalue weighted by molar-refractivity contribution is -0.173. The van der Waals surface area contributed by atoms with Crippen LogP contribution in [0.5, 0.6) is 0 Å². The predicted octanol–water partition coefficient (Wildman–Crippen LogP) is 1.14. The van der Waals surface area contributed by atoms with Gasteiger partial charge in [0.15, 0.2) is 0 Å². The Hall–Kier alpha value is -1.99. The number of anilines is 2. The zero-order valence-corrected chi connectivity index (χ0v) is 9.42. The van der Waals surface area contributed by atoms with Crippen LogP contribution in [0.25, 0.3) is 0 Å². The summed E-state index contributed by atoms with van der Waals surface area (Å²) in [6.45, 7) is 0.289. The van der Waals surface area contributed by atoms with Crippen LogP contribution in [0.3, 0.4) is 0 Å². The van der Waals surface area contributed by atoms with Crippen molar-refractivity contribution in [1.82, 2.24) is 10.3 Å². The molecule has 4 N–H and O–H groups in total. The smallest absolute Gasteiger partial charge is 0.396 e. The van der Waals surface area contributed by atoms with Gasteiger partial charge in [-0.15, -0.1) is 0 Å². The Kier molecular flexibility index (Phi) is 4.75. The molecule has 0 bridgehead atoms. The molecule has 1 rings (SSSR count). The number of carbonyl (C=O) groups is 1. The zero-order chi connectivity index (χ0) is 13.6. The highest BCUT2D eigenvalue weighted by Gasteiger charge is 2.38. The summed E-state index contributed by atoms with van der Waals surface area (Å²) in [6.07, 6.45) is -2.96. The number of amides is 1. The van der Waals surface area contributed by atoms with E-state index in [9.17, 15) is 18.0 Å². The molecule has 0 unspecified atom stereocenters. The third-order valence-electron chi connectivity index (χ3n) is 2.03. The second kappa shape index (κ2) is 6.08. The maximum Gasteiger partial charge on any atom is 0.471 e. The number of nitrogens with one attached hydrogen (secondary N) is 2. The fourth-order valence-corrected chi connectivity index (χ4v) is 1.16. The van der Waals surface area contributed by atoms with E-state index in [1.807, 2.05) is 0 Å². The molecule has 5 nitrogen and oxygen atoms in total. The van der Waals surface area contributed by atoms with Crippen LogP contribution in [0, 0.1) is 0 Å². The van der Waals surface area contributed by atoms with Gasteiger partial charge in [-0.05, 0) is 18.6 Å². The monoisotopic (exact) mass is 262 g/mol. The molecule has 0 aliphatic rings. The summed E-state index contributed by atoms with van der Waals surface area (Å²) in [5.74, 6) is -1.46. The molecule has 1 aromatic rings. The molecule has 8 heteroatoms. The van der Waals surface area contributed by atoms with E-state index in [4.69, 9.17) is 5.73 Å². The van der Waals surface area contributed by atoms with Crippen molar-refractivity contribution in [2.75, 3.05) is 24.1 Å². The van der Waals surface area contributed by atoms with Crippen LogP contribution in [0.2, 0.25) is 0 Å². The molecule has 0 radical (unpaired) electrons. The van der Waals surface area contributed by atoms with Crippen LogP contribution in [-0.4, -0.2) is 30.2 Å². The highest BCUT2D eigenvalue weighted by molar-refractivity contribution is 5.81. The molecule has 0 aliphatic heterocycles. The van der Waals surface area contributed by atoms with Crippen molar-refractivity contribution in [3.05, 3.63) is 18.3 Å². The molecular formula is C10H13F3N4O. The molecule has 0 aromatic carbocycles. The number of carbonyl (C=O) groups excluding carboxylic acids is 1. The molecular weight excluding hydrogens is 249 g/mol. The van der Waals surface area contributed by atoms with Crippen LogP contribution >= 0.6 is 0 Å². The average Bonchev–Trinajstić information content (AvgIpc) is 2.29. The van der Waals surface area contributed by atoms with Gasteiger partial charge in [0.05, 0.1) is 5.69 Å². The third-order valence-corrected chi connectivity index (χ3v) is 2.03. The van der Waals surface area contributed by atoms with Gasteiger partial charge < -0.3 is 16.4 Å². The van der Waals surface area contributed by atoms with Crippen LogP contribution in [0.4, 0.5) is 24.7 Å². The van der Waals surface area contributed by atoms with E-state index < -0.39 is 12.1 Å². The molecule has 1 aromatic heterocycles. The van der Waals surface area contributed by atoms with Crippen LogP contribution in [0.1, 0.15) is 6.42 Å². The number of nitrogens with zero attached hydrogens (tertiary/aromatic N) is 1. The predicted molar refractivity (Wildman–Crippen MR) is 60.8 cm³/mol. The summed E-state index contributed by atoms with van der Waals surface area (Å²) < 4.78 is 35.5. The minimum atomic E-state index is -4.83. The van der Waals surface area contributed by atoms with E-state index in [0.717, 1.165) is 0 Å². The van der Waals surface area contributed by atoms with Gasteiger partial charge in [-0.3, -0.25) is 4.79 Å². The highest BCUT2D eigenvalue weighted by Crippen LogP contribution is 2.14. The minimum absolute atomic E-state index is 0.0713. The van der Waals surface area contributed by atoms with Crippen molar-refractivity contribution < 1.29 is 18.0 Å². The molecule has 0 aliphatic carbocycles. The maximum atomic E-state index is 11.8. The second-order valence-electron chi connectivity index (χ2n) is 3.48. The number of nitrogens with two attached hydrogens (primary N) is 1. The molecule has 0 saturated heterocycles. The Labute approximate surface area is 102 Å². The number of halogens is 3. The zero-order valence-electron chi connectivity index (χ0n) is 9.42. The fourth-order valence-electron chi connectivity index (χ4n) is 1.16. The maximum absolute atomic E-state index is 11.8. The lowest BCUT2D eigenvalue weighted by Crippen LogP contribution is -2.37. The van der Waals surface area contributed by atoms with Gasteiger partial charge in [0.25, 0.3) is 0 Å². The molecule has 1 heterocycles. The third kappa shape index (κ3) is 4.48. The number of pyridine rings is 1. The van der Waals surface area contributed by atoms with Crippen molar-refractivity contribution in [2.24, 2.45) is 0 Å².